The molecule has 0 spiro atoms. The quantitative estimate of drug-likeness (QED) is 0.835. The highest BCUT2D eigenvalue weighted by atomic mass is 127. The molecule has 0 fully saturated rings. The molecule has 84 valence electrons. The van der Waals surface area contributed by atoms with Crippen LogP contribution in [0.3, 0.4) is 0 Å². The molecule has 0 atom stereocenters. The summed E-state index contributed by atoms with van der Waals surface area (Å²) in [6.45, 7) is 0.221. The van der Waals surface area contributed by atoms with Crippen molar-refractivity contribution in [2.45, 2.75) is 11.4 Å². The Hall–Kier alpha value is -0.180. The van der Waals surface area contributed by atoms with E-state index in [0.29, 0.717) is 5.56 Å². The summed E-state index contributed by atoms with van der Waals surface area (Å²) in [6, 6.07) is 5.15. The second kappa shape index (κ2) is 4.77. The molecule has 0 radical (unpaired) electrons. The molecular weight excluding hydrogens is 327 g/mol. The van der Waals surface area contributed by atoms with Gasteiger partial charge in [-0.1, -0.05) is 0 Å². The summed E-state index contributed by atoms with van der Waals surface area (Å²) in [5.74, 6) is 0. The van der Waals surface area contributed by atoms with Gasteiger partial charge in [0.15, 0.2) is 0 Å². The molecule has 1 aromatic rings. The van der Waals surface area contributed by atoms with Gasteiger partial charge in [-0.2, -0.15) is 0 Å². The Bertz CT molecular complexity index is 457. The maximum Gasteiger partial charge on any atom is 0.242 e. The molecule has 4 nitrogen and oxygen atoms in total. The Labute approximate surface area is 104 Å². The van der Waals surface area contributed by atoms with Crippen molar-refractivity contribution in [3.05, 3.63) is 27.3 Å². The SMILES string of the molecule is CN(C)S(=O)(=O)c1ccc(I)cc1CN. The van der Waals surface area contributed by atoms with Crippen LogP contribution in [-0.2, 0) is 16.6 Å². The van der Waals surface area contributed by atoms with E-state index in [1.54, 1.807) is 18.2 Å². The van der Waals surface area contributed by atoms with E-state index < -0.39 is 10.0 Å². The Morgan fingerprint density at radius 3 is 2.47 bits per heavy atom. The zero-order valence-corrected chi connectivity index (χ0v) is 11.5. The highest BCUT2D eigenvalue weighted by Crippen LogP contribution is 2.20. The van der Waals surface area contributed by atoms with Crippen LogP contribution in [0.25, 0.3) is 0 Å². The minimum absolute atomic E-state index is 0.221. The first-order valence-electron chi connectivity index (χ1n) is 4.30. The third-order valence-electron chi connectivity index (χ3n) is 2.00. The topological polar surface area (TPSA) is 63.4 Å². The lowest BCUT2D eigenvalue weighted by Crippen LogP contribution is -2.24. The number of nitrogens with zero attached hydrogens (tertiary/aromatic N) is 1. The maximum absolute atomic E-state index is 11.9. The normalized spacial score (nSPS) is 12.1. The number of benzene rings is 1. The second-order valence-corrected chi connectivity index (χ2v) is 6.61. The van der Waals surface area contributed by atoms with E-state index >= 15 is 0 Å². The molecule has 2 N–H and O–H groups in total. The zero-order valence-electron chi connectivity index (χ0n) is 8.57. The Morgan fingerprint density at radius 2 is 2.00 bits per heavy atom. The first kappa shape index (κ1) is 12.9. The molecule has 1 aromatic carbocycles. The first-order valence-corrected chi connectivity index (χ1v) is 6.82. The summed E-state index contributed by atoms with van der Waals surface area (Å²) in [4.78, 5) is 0.287. The number of nitrogens with two attached hydrogens (primary N) is 1. The molecule has 0 heterocycles. The molecule has 0 unspecified atom stereocenters. The number of halogens is 1. The molecule has 0 aliphatic carbocycles. The summed E-state index contributed by atoms with van der Waals surface area (Å²) < 4.78 is 25.9. The van der Waals surface area contributed by atoms with Crippen LogP contribution in [0.5, 0.6) is 0 Å². The Balaban J connectivity index is 3.38. The fourth-order valence-corrected chi connectivity index (χ4v) is 2.82. The molecule has 1 rings (SSSR count). The standard InChI is InChI=1S/C9H13IN2O2S/c1-12(2)15(13,14)9-4-3-8(10)5-7(9)6-11/h3-5H,6,11H2,1-2H3. The van der Waals surface area contributed by atoms with Crippen LogP contribution in [0.2, 0.25) is 0 Å². The van der Waals surface area contributed by atoms with E-state index in [2.05, 4.69) is 22.6 Å². The molecule has 0 amide bonds. The van der Waals surface area contributed by atoms with Gasteiger partial charge in [0.05, 0.1) is 4.90 Å². The van der Waals surface area contributed by atoms with E-state index in [1.165, 1.54) is 18.4 Å². The van der Waals surface area contributed by atoms with Crippen LogP contribution in [0, 0.1) is 3.57 Å². The fraction of sp³-hybridized carbons (Fsp3) is 0.333. The molecule has 0 bridgehead atoms. The lowest BCUT2D eigenvalue weighted by molar-refractivity contribution is 0.519. The molecule has 6 heteroatoms. The van der Waals surface area contributed by atoms with Crippen LogP contribution >= 0.6 is 22.6 Å². The van der Waals surface area contributed by atoms with E-state index in [-0.39, 0.29) is 11.4 Å². The average molecular weight is 340 g/mol. The predicted octanol–water partition coefficient (Wildman–Crippen LogP) is 1.00. The van der Waals surface area contributed by atoms with Gasteiger partial charge in [-0.25, -0.2) is 12.7 Å². The van der Waals surface area contributed by atoms with Gasteiger partial charge >= 0.3 is 0 Å². The van der Waals surface area contributed by atoms with Crippen LogP contribution < -0.4 is 5.73 Å². The third-order valence-corrected chi connectivity index (χ3v) is 4.59. The van der Waals surface area contributed by atoms with Gasteiger partial charge in [0.2, 0.25) is 10.0 Å². The van der Waals surface area contributed by atoms with E-state index in [0.717, 1.165) is 3.57 Å². The fourth-order valence-electron chi connectivity index (χ4n) is 1.16. The van der Waals surface area contributed by atoms with Crippen molar-refractivity contribution in [2.24, 2.45) is 5.73 Å². The van der Waals surface area contributed by atoms with Gasteiger partial charge in [0, 0.05) is 24.2 Å². The summed E-state index contributed by atoms with van der Waals surface area (Å²) in [7, 11) is -0.371. The number of hydrogen-bond donors (Lipinski definition) is 1. The monoisotopic (exact) mass is 340 g/mol. The van der Waals surface area contributed by atoms with E-state index in [9.17, 15) is 8.42 Å². The summed E-state index contributed by atoms with van der Waals surface area (Å²) in [5.41, 5.74) is 6.18. The largest absolute Gasteiger partial charge is 0.326 e. The molecule has 0 aliphatic heterocycles. The molecule has 15 heavy (non-hydrogen) atoms. The highest BCUT2D eigenvalue weighted by molar-refractivity contribution is 14.1. The summed E-state index contributed by atoms with van der Waals surface area (Å²) in [6.07, 6.45) is 0. The van der Waals surface area contributed by atoms with Crippen LogP contribution in [0.4, 0.5) is 0 Å². The van der Waals surface area contributed by atoms with Crippen molar-refractivity contribution >= 4 is 32.6 Å². The summed E-state index contributed by atoms with van der Waals surface area (Å²) in [5, 5.41) is 0. The van der Waals surface area contributed by atoms with E-state index in [1.807, 2.05) is 0 Å². The van der Waals surface area contributed by atoms with E-state index in [4.69, 9.17) is 5.73 Å². The second-order valence-electron chi connectivity index (χ2n) is 3.24. The summed E-state index contributed by atoms with van der Waals surface area (Å²) >= 11 is 2.13. The average Bonchev–Trinajstić information content (AvgIpc) is 2.16. The third kappa shape index (κ3) is 2.68. The van der Waals surface area contributed by atoms with Gasteiger partial charge in [-0.3, -0.25) is 0 Å². The lowest BCUT2D eigenvalue weighted by Gasteiger charge is -2.14. The molecule has 0 saturated heterocycles. The minimum atomic E-state index is -3.39. The van der Waals surface area contributed by atoms with Crippen molar-refractivity contribution in [1.29, 1.82) is 0 Å². The van der Waals surface area contributed by atoms with Crippen LogP contribution in [-0.4, -0.2) is 26.8 Å². The molecular formula is C9H13IN2O2S. The maximum atomic E-state index is 11.9. The van der Waals surface area contributed by atoms with Crippen molar-refractivity contribution in [3.63, 3.8) is 0 Å². The molecule has 0 aliphatic rings. The molecule has 0 aromatic heterocycles. The molecule has 0 saturated carbocycles. The number of hydrogen-bond acceptors (Lipinski definition) is 3. The van der Waals surface area contributed by atoms with Crippen molar-refractivity contribution < 1.29 is 8.42 Å². The van der Waals surface area contributed by atoms with Gasteiger partial charge in [0.25, 0.3) is 0 Å². The lowest BCUT2D eigenvalue weighted by atomic mass is 10.2. The number of sulfonamides is 1. The number of rotatable bonds is 3. The van der Waals surface area contributed by atoms with Gasteiger partial charge in [0.1, 0.15) is 0 Å². The highest BCUT2D eigenvalue weighted by Gasteiger charge is 2.20. The first-order chi connectivity index (χ1) is 6.89. The predicted molar refractivity (Wildman–Crippen MR) is 67.9 cm³/mol. The van der Waals surface area contributed by atoms with Crippen LogP contribution in [0.15, 0.2) is 23.1 Å². The van der Waals surface area contributed by atoms with Crippen molar-refractivity contribution in [2.75, 3.05) is 14.1 Å². The minimum Gasteiger partial charge on any atom is -0.326 e. The Morgan fingerprint density at radius 1 is 1.40 bits per heavy atom. The zero-order chi connectivity index (χ0) is 11.6. The van der Waals surface area contributed by atoms with Crippen molar-refractivity contribution in [3.8, 4) is 0 Å². The van der Waals surface area contributed by atoms with Crippen molar-refractivity contribution in [1.82, 2.24) is 4.31 Å². The van der Waals surface area contributed by atoms with Gasteiger partial charge in [-0.05, 0) is 46.4 Å². The smallest absolute Gasteiger partial charge is 0.242 e. The van der Waals surface area contributed by atoms with Gasteiger partial charge in [-0.15, -0.1) is 0 Å². The van der Waals surface area contributed by atoms with Crippen LogP contribution in [0.1, 0.15) is 5.56 Å². The van der Waals surface area contributed by atoms with Gasteiger partial charge < -0.3 is 5.73 Å². The Kier molecular flexibility index (Phi) is 4.10.